The number of hydrogen-bond donors (Lipinski definition) is 0. The molecular weight excluding hydrogens is 220 g/mol. The molecule has 0 aromatic carbocycles. The van der Waals surface area contributed by atoms with Crippen LogP contribution >= 0.6 is 10.9 Å². The number of hydrogen-bond acceptors (Lipinski definition) is 5. The van der Waals surface area contributed by atoms with E-state index >= 15 is 0 Å². The van der Waals surface area contributed by atoms with Crippen molar-refractivity contribution in [3.8, 4) is 0 Å². The third-order valence-electron chi connectivity index (χ3n) is 2.22. The maximum Gasteiger partial charge on any atom is 0.155 e. The molecule has 0 aromatic heterocycles. The lowest BCUT2D eigenvalue weighted by atomic mass is 10.5. The van der Waals surface area contributed by atoms with Crippen molar-refractivity contribution in [3.63, 3.8) is 0 Å². The molecule has 2 atom stereocenters. The molecule has 6 heteroatoms. The smallest absolute Gasteiger partial charge is 0.155 e. The fraction of sp³-hybridized carbons (Fsp3) is 1.00. The van der Waals surface area contributed by atoms with Crippen molar-refractivity contribution in [3.05, 3.63) is 0 Å². The van der Waals surface area contributed by atoms with Gasteiger partial charge in [-0.3, -0.25) is 12.5 Å². The summed E-state index contributed by atoms with van der Waals surface area (Å²) in [5.41, 5.74) is -0.179. The van der Waals surface area contributed by atoms with Gasteiger partial charge >= 0.3 is 0 Å². The molecule has 5 nitrogen and oxygen atoms in total. The van der Waals surface area contributed by atoms with Crippen LogP contribution in [0.1, 0.15) is 13.3 Å². The Kier molecular flexibility index (Phi) is 5.31. The predicted molar refractivity (Wildman–Crippen MR) is 58.4 cm³/mol. The van der Waals surface area contributed by atoms with Gasteiger partial charge in [0.05, 0.1) is 34.5 Å². The van der Waals surface area contributed by atoms with Gasteiger partial charge in [-0.05, 0) is 6.42 Å². The standard InChI is InChI=1S/C9H20O5S/c1-5-9(14-7-8-6-13-8)15(10-2,11-3)12-4/h8-9H,5-7H2,1-4H3. The Balaban J connectivity index is 2.50. The lowest BCUT2D eigenvalue weighted by Crippen LogP contribution is -2.26. The van der Waals surface area contributed by atoms with Crippen molar-refractivity contribution in [2.24, 2.45) is 0 Å². The first-order chi connectivity index (χ1) is 7.22. The average Bonchev–Trinajstić information content (AvgIpc) is 3.09. The zero-order valence-corrected chi connectivity index (χ0v) is 10.5. The molecule has 0 spiro atoms. The van der Waals surface area contributed by atoms with E-state index in [0.717, 1.165) is 13.0 Å². The second-order valence-electron chi connectivity index (χ2n) is 3.12. The van der Waals surface area contributed by atoms with Gasteiger partial charge in [0.25, 0.3) is 0 Å². The molecule has 0 radical (unpaired) electrons. The van der Waals surface area contributed by atoms with Crippen LogP contribution in [-0.4, -0.2) is 46.1 Å². The van der Waals surface area contributed by atoms with Gasteiger partial charge in [-0.25, -0.2) is 0 Å². The molecule has 92 valence electrons. The van der Waals surface area contributed by atoms with Crippen LogP contribution < -0.4 is 0 Å². The summed E-state index contributed by atoms with van der Waals surface area (Å²) < 4.78 is 26.7. The van der Waals surface area contributed by atoms with E-state index in [-0.39, 0.29) is 11.5 Å². The second kappa shape index (κ2) is 6.03. The van der Waals surface area contributed by atoms with Crippen LogP contribution in [0.2, 0.25) is 0 Å². The summed E-state index contributed by atoms with van der Waals surface area (Å²) in [5, 5.41) is 0. The Morgan fingerprint density at radius 3 is 2.13 bits per heavy atom. The molecule has 1 saturated heterocycles. The summed E-state index contributed by atoms with van der Waals surface area (Å²) in [7, 11) is 2.67. The molecule has 0 aliphatic carbocycles. The molecule has 0 bridgehead atoms. The molecular formula is C9H20O5S. The summed E-state index contributed by atoms with van der Waals surface area (Å²) in [6.45, 7) is 3.37. The highest BCUT2D eigenvalue weighted by Crippen LogP contribution is 2.55. The molecule has 1 aliphatic rings. The minimum absolute atomic E-state index is 0.179. The van der Waals surface area contributed by atoms with Crippen molar-refractivity contribution in [2.45, 2.75) is 24.9 Å². The maximum atomic E-state index is 5.69. The topological polar surface area (TPSA) is 49.5 Å². The highest BCUT2D eigenvalue weighted by atomic mass is 32.3. The monoisotopic (exact) mass is 240 g/mol. The van der Waals surface area contributed by atoms with E-state index < -0.39 is 10.9 Å². The SMILES string of the molecule is CCC(OCC1CO1)S(OC)(OC)OC. The zero-order chi connectivity index (χ0) is 11.3. The quantitative estimate of drug-likeness (QED) is 0.603. The molecule has 2 unspecified atom stereocenters. The summed E-state index contributed by atoms with van der Waals surface area (Å²) in [6, 6.07) is 0. The van der Waals surface area contributed by atoms with Crippen molar-refractivity contribution < 1.29 is 22.0 Å². The Labute approximate surface area is 92.9 Å². The third-order valence-corrected chi connectivity index (χ3v) is 4.73. The van der Waals surface area contributed by atoms with Gasteiger partial charge in [-0.2, -0.15) is 0 Å². The molecule has 1 rings (SSSR count). The number of epoxide rings is 1. The molecule has 0 amide bonds. The molecule has 0 saturated carbocycles. The summed E-state index contributed by atoms with van der Waals surface area (Å²) >= 11 is 0. The van der Waals surface area contributed by atoms with E-state index in [1.807, 2.05) is 6.92 Å². The van der Waals surface area contributed by atoms with Crippen molar-refractivity contribution in [1.82, 2.24) is 0 Å². The highest BCUT2D eigenvalue weighted by molar-refractivity contribution is 8.22. The van der Waals surface area contributed by atoms with Crippen LogP contribution in [0.4, 0.5) is 0 Å². The molecule has 0 aromatic rings. The van der Waals surface area contributed by atoms with Gasteiger partial charge in [-0.1, -0.05) is 6.92 Å². The van der Waals surface area contributed by atoms with Crippen LogP contribution in [0.5, 0.6) is 0 Å². The average molecular weight is 240 g/mol. The van der Waals surface area contributed by atoms with Crippen molar-refractivity contribution >= 4 is 10.9 Å². The van der Waals surface area contributed by atoms with E-state index in [9.17, 15) is 0 Å². The third kappa shape index (κ3) is 3.30. The maximum absolute atomic E-state index is 5.69. The van der Waals surface area contributed by atoms with Crippen LogP contribution in [-0.2, 0) is 22.0 Å². The van der Waals surface area contributed by atoms with Crippen LogP contribution in [0, 0.1) is 0 Å². The van der Waals surface area contributed by atoms with Gasteiger partial charge in [0.2, 0.25) is 0 Å². The van der Waals surface area contributed by atoms with Crippen molar-refractivity contribution in [2.75, 3.05) is 34.5 Å². The van der Waals surface area contributed by atoms with Gasteiger partial charge in [-0.15, -0.1) is 0 Å². The predicted octanol–water partition coefficient (Wildman–Crippen LogP) is 1.63. The largest absolute Gasteiger partial charge is 0.371 e. The first-order valence-electron chi connectivity index (χ1n) is 4.94. The molecule has 15 heavy (non-hydrogen) atoms. The zero-order valence-electron chi connectivity index (χ0n) is 9.73. The van der Waals surface area contributed by atoms with E-state index in [4.69, 9.17) is 22.0 Å². The normalized spacial score (nSPS) is 23.9. The van der Waals surface area contributed by atoms with Crippen LogP contribution in [0.15, 0.2) is 0 Å². The highest BCUT2D eigenvalue weighted by Gasteiger charge is 2.36. The molecule has 0 N–H and O–H groups in total. The Bertz CT molecular complexity index is 173. The molecule has 1 heterocycles. The summed E-state index contributed by atoms with van der Waals surface area (Å²) in [6.07, 6.45) is 1.01. The van der Waals surface area contributed by atoms with Gasteiger partial charge in [0, 0.05) is 0 Å². The number of rotatable bonds is 8. The fourth-order valence-corrected chi connectivity index (χ4v) is 3.02. The second-order valence-corrected chi connectivity index (χ2v) is 5.63. The van der Waals surface area contributed by atoms with Gasteiger partial charge < -0.3 is 9.47 Å². The van der Waals surface area contributed by atoms with E-state index in [1.165, 1.54) is 0 Å². The van der Waals surface area contributed by atoms with Crippen molar-refractivity contribution in [1.29, 1.82) is 0 Å². The summed E-state index contributed by atoms with van der Waals surface area (Å²) in [5.74, 6) is 0. The van der Waals surface area contributed by atoms with Gasteiger partial charge in [0.15, 0.2) is 5.44 Å². The molecule has 1 fully saturated rings. The lowest BCUT2D eigenvalue weighted by Gasteiger charge is -2.39. The minimum atomic E-state index is -2.05. The van der Waals surface area contributed by atoms with E-state index in [1.54, 1.807) is 21.3 Å². The fourth-order valence-electron chi connectivity index (χ4n) is 1.31. The lowest BCUT2D eigenvalue weighted by molar-refractivity contribution is 0.0635. The number of ether oxygens (including phenoxy) is 2. The molecule has 1 aliphatic heterocycles. The first-order valence-corrected chi connectivity index (χ1v) is 6.41. The van der Waals surface area contributed by atoms with E-state index in [0.29, 0.717) is 6.61 Å². The Morgan fingerprint density at radius 1 is 1.27 bits per heavy atom. The van der Waals surface area contributed by atoms with Crippen LogP contribution in [0.25, 0.3) is 0 Å². The Morgan fingerprint density at radius 2 is 1.80 bits per heavy atom. The van der Waals surface area contributed by atoms with Crippen LogP contribution in [0.3, 0.4) is 0 Å². The summed E-state index contributed by atoms with van der Waals surface area (Å²) in [4.78, 5) is 0. The van der Waals surface area contributed by atoms with Gasteiger partial charge in [0.1, 0.15) is 17.0 Å². The van der Waals surface area contributed by atoms with E-state index in [2.05, 4.69) is 0 Å². The Hall–Kier alpha value is 0.150. The minimum Gasteiger partial charge on any atom is -0.371 e. The first kappa shape index (κ1) is 13.2.